The van der Waals surface area contributed by atoms with Gasteiger partial charge in [-0.15, -0.1) is 12.1 Å². The van der Waals surface area contributed by atoms with E-state index in [0.29, 0.717) is 16.9 Å². The van der Waals surface area contributed by atoms with Crippen LogP contribution in [-0.4, -0.2) is 32.9 Å². The van der Waals surface area contributed by atoms with Gasteiger partial charge in [0.05, 0.1) is 22.8 Å². The molecule has 5 rings (SSSR count). The molecule has 3 N–H and O–H groups in total. The van der Waals surface area contributed by atoms with E-state index in [1.54, 1.807) is 18.2 Å². The maximum absolute atomic E-state index is 11.8. The van der Waals surface area contributed by atoms with Crippen LogP contribution in [0, 0.1) is 6.07 Å². The minimum Gasteiger partial charge on any atom is -0.427 e. The van der Waals surface area contributed by atoms with Crippen LogP contribution in [0.5, 0.6) is 0 Å². The number of hydrogen-bond donors (Lipinski definition) is 3. The van der Waals surface area contributed by atoms with Crippen molar-refractivity contribution in [1.29, 1.82) is 0 Å². The number of fused-ring (bicyclic) bond motifs is 8. The Labute approximate surface area is 176 Å². The largest absolute Gasteiger partial charge is 0.427 e. The van der Waals surface area contributed by atoms with Gasteiger partial charge in [0.25, 0.3) is 10.1 Å². The molecule has 0 spiro atoms. The second-order valence-corrected chi connectivity index (χ2v) is 7.78. The molecule has 0 aliphatic carbocycles. The quantitative estimate of drug-likeness (QED) is 0.207. The maximum atomic E-state index is 11.8. The van der Waals surface area contributed by atoms with Crippen LogP contribution in [0.3, 0.4) is 0 Å². The number of hydrogen-bond acceptors (Lipinski definition) is 4. The van der Waals surface area contributed by atoms with Gasteiger partial charge in [0.1, 0.15) is 0 Å². The summed E-state index contributed by atoms with van der Waals surface area (Å²) in [4.78, 5) is 14.9. The standard InChI is InChI=1S/C20H13N4O3S.Mn/c25-28(26,27)20-11-18-9-16-4-3-14(22-16)7-12-1-2-13(21-12)8-15-5-6-17(23-15)10-19(20)24-18;/h1-10,22,24H,(H,25,26,27);/q-1;. The van der Waals surface area contributed by atoms with Crippen LogP contribution in [0.15, 0.2) is 41.3 Å². The van der Waals surface area contributed by atoms with Crippen molar-refractivity contribution in [3.05, 3.63) is 65.2 Å². The van der Waals surface area contributed by atoms with Gasteiger partial charge in [-0.05, 0) is 59.6 Å². The minimum absolute atomic E-state index is 0. The second kappa shape index (κ2) is 7.13. The van der Waals surface area contributed by atoms with Crippen LogP contribution in [-0.2, 0) is 27.2 Å². The topological polar surface area (TPSA) is 112 Å². The maximum Gasteiger partial charge on any atom is 0.273 e. The van der Waals surface area contributed by atoms with Gasteiger partial charge in [0.15, 0.2) is 0 Å². The van der Waals surface area contributed by atoms with E-state index in [-0.39, 0.29) is 27.5 Å². The molecule has 0 saturated heterocycles. The van der Waals surface area contributed by atoms with Crippen molar-refractivity contribution < 1.29 is 30.0 Å². The summed E-state index contributed by atoms with van der Waals surface area (Å²) in [6.07, 6.45) is 7.40. The Morgan fingerprint density at radius 2 is 1.34 bits per heavy atom. The third-order valence-electron chi connectivity index (χ3n) is 4.31. The van der Waals surface area contributed by atoms with Crippen molar-refractivity contribution in [3.8, 4) is 0 Å². The van der Waals surface area contributed by atoms with E-state index in [4.69, 9.17) is 0 Å². The molecule has 0 amide bonds. The predicted octanol–water partition coefficient (Wildman–Crippen LogP) is 3.70. The van der Waals surface area contributed by atoms with E-state index in [2.05, 4.69) is 26.0 Å². The SMILES string of the molecule is O=S(=O)(O)c1[c-]c2cc3ccc(cc4nc(cc5nc(cc1[nH]2)C=C5)C=C4)[nH]3.[Mn]. The Morgan fingerprint density at radius 3 is 1.97 bits per heavy atom. The number of aromatic nitrogens is 4. The van der Waals surface area contributed by atoms with E-state index in [1.165, 1.54) is 0 Å². The van der Waals surface area contributed by atoms with Crippen molar-refractivity contribution in [2.75, 3.05) is 0 Å². The number of nitrogens with zero attached hydrogens (tertiary/aromatic N) is 2. The van der Waals surface area contributed by atoms with Crippen molar-refractivity contribution in [2.45, 2.75) is 4.90 Å². The first-order valence-electron chi connectivity index (χ1n) is 8.41. The molecule has 0 saturated carbocycles. The molecule has 0 aromatic carbocycles. The summed E-state index contributed by atoms with van der Waals surface area (Å²) in [6, 6.07) is 13.5. The average Bonchev–Trinajstić information content (AvgIpc) is 3.38. The van der Waals surface area contributed by atoms with Crippen LogP contribution < -0.4 is 0 Å². The molecule has 145 valence electrons. The molecule has 29 heavy (non-hydrogen) atoms. The summed E-state index contributed by atoms with van der Waals surface area (Å²) in [6.45, 7) is 0. The Balaban J connectivity index is 0.00000205. The predicted molar refractivity (Wildman–Crippen MR) is 108 cm³/mol. The van der Waals surface area contributed by atoms with Crippen molar-refractivity contribution in [1.82, 2.24) is 19.9 Å². The zero-order valence-electron chi connectivity index (χ0n) is 14.7. The Bertz CT molecular complexity index is 1450. The first kappa shape index (κ1) is 19.4. The molecule has 9 heteroatoms. The molecule has 0 fully saturated rings. The molecule has 1 radical (unpaired) electrons. The van der Waals surface area contributed by atoms with Gasteiger partial charge in [-0.3, -0.25) is 9.54 Å². The van der Waals surface area contributed by atoms with Crippen LogP contribution in [0.2, 0.25) is 0 Å². The van der Waals surface area contributed by atoms with Gasteiger partial charge in [0.2, 0.25) is 0 Å². The summed E-state index contributed by atoms with van der Waals surface area (Å²) in [5, 5.41) is 0. The van der Waals surface area contributed by atoms with Crippen molar-refractivity contribution in [2.24, 2.45) is 0 Å². The smallest absolute Gasteiger partial charge is 0.273 e. The van der Waals surface area contributed by atoms with E-state index in [9.17, 15) is 13.0 Å². The van der Waals surface area contributed by atoms with Gasteiger partial charge in [-0.2, -0.15) is 8.42 Å². The molecule has 2 aliphatic rings. The number of aromatic amines is 2. The van der Waals surface area contributed by atoms with E-state index in [1.807, 2.05) is 42.5 Å². The first-order valence-corrected chi connectivity index (χ1v) is 9.85. The Kier molecular flexibility index (Phi) is 4.76. The van der Waals surface area contributed by atoms with Crippen LogP contribution >= 0.6 is 0 Å². The van der Waals surface area contributed by atoms with E-state index in [0.717, 1.165) is 22.4 Å². The normalized spacial score (nSPS) is 12.7. The summed E-state index contributed by atoms with van der Waals surface area (Å²) >= 11 is 0. The molecule has 7 nitrogen and oxygen atoms in total. The molecule has 3 aromatic heterocycles. The van der Waals surface area contributed by atoms with Gasteiger partial charge < -0.3 is 9.97 Å². The summed E-state index contributed by atoms with van der Waals surface area (Å²) in [5.41, 5.74) is 5.04. The Morgan fingerprint density at radius 1 is 0.793 bits per heavy atom. The van der Waals surface area contributed by atoms with Crippen molar-refractivity contribution in [3.63, 3.8) is 0 Å². The van der Waals surface area contributed by atoms with Crippen LogP contribution in [0.4, 0.5) is 0 Å². The molecule has 0 unspecified atom stereocenters. The van der Waals surface area contributed by atoms with Crippen molar-refractivity contribution >= 4 is 56.5 Å². The summed E-state index contributed by atoms with van der Waals surface area (Å²) in [7, 11) is -4.45. The summed E-state index contributed by atoms with van der Waals surface area (Å²) in [5.74, 6) is 0. The number of H-pyrrole nitrogens is 2. The van der Waals surface area contributed by atoms with Gasteiger partial charge in [-0.25, -0.2) is 4.98 Å². The fraction of sp³-hybridized carbons (Fsp3) is 0. The number of nitrogens with one attached hydrogen (secondary N) is 2. The minimum atomic E-state index is -4.45. The van der Waals surface area contributed by atoms with Gasteiger partial charge in [0, 0.05) is 27.5 Å². The molecule has 0 atom stereocenters. The Hall–Kier alpha value is -2.97. The molecule has 8 bridgehead atoms. The van der Waals surface area contributed by atoms with Crippen LogP contribution in [0.25, 0.3) is 46.4 Å². The third kappa shape index (κ3) is 3.94. The fourth-order valence-corrected chi connectivity index (χ4v) is 3.75. The van der Waals surface area contributed by atoms with Crippen LogP contribution in [0.1, 0.15) is 22.8 Å². The monoisotopic (exact) mass is 444 g/mol. The van der Waals surface area contributed by atoms with E-state index >= 15 is 0 Å². The van der Waals surface area contributed by atoms with Gasteiger partial charge in [-0.1, -0.05) is 11.6 Å². The summed E-state index contributed by atoms with van der Waals surface area (Å²) < 4.78 is 33.1. The first-order chi connectivity index (χ1) is 13.4. The zero-order valence-corrected chi connectivity index (χ0v) is 16.7. The second-order valence-electron chi connectivity index (χ2n) is 6.42. The molecule has 2 aliphatic heterocycles. The third-order valence-corrected chi connectivity index (χ3v) is 5.15. The van der Waals surface area contributed by atoms with E-state index < -0.39 is 10.1 Å². The number of rotatable bonds is 1. The van der Waals surface area contributed by atoms with Gasteiger partial charge >= 0.3 is 0 Å². The molecule has 5 heterocycles. The fourth-order valence-electron chi connectivity index (χ4n) is 3.12. The average molecular weight is 444 g/mol. The zero-order chi connectivity index (χ0) is 19.3. The molecule has 3 aromatic rings. The molecular weight excluding hydrogens is 431 g/mol. The molecular formula is C20H13MnN4O3S-.